The van der Waals surface area contributed by atoms with Crippen molar-refractivity contribution in [2.45, 2.75) is 6.54 Å². The number of carbonyl (C=O) groups excluding carboxylic acids is 1. The zero-order valence-corrected chi connectivity index (χ0v) is 15.9. The van der Waals surface area contributed by atoms with Gasteiger partial charge in [-0.2, -0.15) is 0 Å². The number of amides is 1. The Morgan fingerprint density at radius 1 is 1.03 bits per heavy atom. The second-order valence-corrected chi connectivity index (χ2v) is 6.57. The number of ether oxygens (including phenoxy) is 1. The molecule has 0 spiro atoms. The average molecular weight is 390 g/mol. The lowest BCUT2D eigenvalue weighted by atomic mass is 10.2. The van der Waals surface area contributed by atoms with E-state index in [1.165, 1.54) is 6.20 Å². The first-order valence-electron chi connectivity index (χ1n) is 9.47. The van der Waals surface area contributed by atoms with Gasteiger partial charge in [-0.3, -0.25) is 9.78 Å². The van der Waals surface area contributed by atoms with Gasteiger partial charge >= 0.3 is 0 Å². The highest BCUT2D eigenvalue weighted by molar-refractivity contribution is 6.04. The third kappa shape index (κ3) is 4.85. The summed E-state index contributed by atoms with van der Waals surface area (Å²) in [6.07, 6.45) is 6.52. The Bertz CT molecular complexity index is 943. The standard InChI is InChI=1S/C21H22N6O2/c28-21(26-17-3-1-2-4-19(17)27-9-11-29-12-10-27)18-14-25-20(15-23-18)24-13-16-5-7-22-8-6-16/h1-8,14-15H,9-13H2,(H,24,25)(H,26,28). The van der Waals surface area contributed by atoms with E-state index in [2.05, 4.69) is 30.5 Å². The molecule has 0 radical (unpaired) electrons. The van der Waals surface area contributed by atoms with E-state index in [1.807, 2.05) is 36.4 Å². The summed E-state index contributed by atoms with van der Waals surface area (Å²) in [5.74, 6) is 0.311. The lowest BCUT2D eigenvalue weighted by Crippen LogP contribution is -2.36. The summed E-state index contributed by atoms with van der Waals surface area (Å²) in [5, 5.41) is 6.13. The summed E-state index contributed by atoms with van der Waals surface area (Å²) in [6.45, 7) is 3.56. The van der Waals surface area contributed by atoms with Crippen molar-refractivity contribution in [1.82, 2.24) is 15.0 Å². The van der Waals surface area contributed by atoms with E-state index in [4.69, 9.17) is 4.74 Å². The number of para-hydroxylation sites is 2. The smallest absolute Gasteiger partial charge is 0.275 e. The molecule has 2 N–H and O–H groups in total. The molecular formula is C21H22N6O2. The van der Waals surface area contributed by atoms with Crippen molar-refractivity contribution in [2.24, 2.45) is 0 Å². The maximum absolute atomic E-state index is 12.7. The van der Waals surface area contributed by atoms with Crippen LogP contribution in [0.1, 0.15) is 16.1 Å². The van der Waals surface area contributed by atoms with Crippen LogP contribution in [0.3, 0.4) is 0 Å². The third-order valence-electron chi connectivity index (χ3n) is 4.61. The normalized spacial score (nSPS) is 13.7. The molecule has 1 fully saturated rings. The summed E-state index contributed by atoms with van der Waals surface area (Å²) in [5.41, 5.74) is 3.08. The molecule has 29 heavy (non-hydrogen) atoms. The molecule has 1 aliphatic heterocycles. The van der Waals surface area contributed by atoms with Gasteiger partial charge in [0.05, 0.1) is 37.0 Å². The lowest BCUT2D eigenvalue weighted by Gasteiger charge is -2.30. The number of carbonyl (C=O) groups is 1. The molecule has 8 heteroatoms. The minimum atomic E-state index is -0.293. The SMILES string of the molecule is O=C(Nc1ccccc1N1CCOCC1)c1cnc(NCc2ccncc2)cn1. The number of benzene rings is 1. The molecule has 148 valence electrons. The van der Waals surface area contributed by atoms with Crippen LogP contribution < -0.4 is 15.5 Å². The van der Waals surface area contributed by atoms with Gasteiger partial charge in [0, 0.05) is 32.0 Å². The summed E-state index contributed by atoms with van der Waals surface area (Å²) in [7, 11) is 0. The van der Waals surface area contributed by atoms with E-state index in [0.29, 0.717) is 25.6 Å². The molecule has 1 saturated heterocycles. The van der Waals surface area contributed by atoms with Crippen LogP contribution in [-0.2, 0) is 11.3 Å². The Morgan fingerprint density at radius 2 is 1.83 bits per heavy atom. The zero-order chi connectivity index (χ0) is 19.9. The number of rotatable bonds is 6. The number of pyridine rings is 1. The second-order valence-electron chi connectivity index (χ2n) is 6.57. The molecule has 2 aromatic heterocycles. The van der Waals surface area contributed by atoms with Crippen molar-refractivity contribution in [3.63, 3.8) is 0 Å². The molecule has 0 aliphatic carbocycles. The van der Waals surface area contributed by atoms with Crippen LogP contribution in [0, 0.1) is 0 Å². The number of nitrogens with zero attached hydrogens (tertiary/aromatic N) is 4. The number of hydrogen-bond donors (Lipinski definition) is 2. The van der Waals surface area contributed by atoms with Gasteiger partial charge in [-0.05, 0) is 29.8 Å². The van der Waals surface area contributed by atoms with Crippen LogP contribution in [0.25, 0.3) is 0 Å². The fraction of sp³-hybridized carbons (Fsp3) is 0.238. The third-order valence-corrected chi connectivity index (χ3v) is 4.61. The fourth-order valence-corrected chi connectivity index (χ4v) is 3.08. The van der Waals surface area contributed by atoms with E-state index in [-0.39, 0.29) is 11.6 Å². The topological polar surface area (TPSA) is 92.3 Å². The minimum Gasteiger partial charge on any atom is -0.378 e. The monoisotopic (exact) mass is 390 g/mol. The maximum atomic E-state index is 12.7. The highest BCUT2D eigenvalue weighted by Crippen LogP contribution is 2.26. The van der Waals surface area contributed by atoms with Crippen LogP contribution >= 0.6 is 0 Å². The summed E-state index contributed by atoms with van der Waals surface area (Å²) in [4.78, 5) is 27.4. The molecule has 3 aromatic rings. The highest BCUT2D eigenvalue weighted by atomic mass is 16.5. The minimum absolute atomic E-state index is 0.260. The van der Waals surface area contributed by atoms with E-state index < -0.39 is 0 Å². The average Bonchev–Trinajstić information content (AvgIpc) is 2.80. The van der Waals surface area contributed by atoms with Crippen LogP contribution in [0.4, 0.5) is 17.2 Å². The van der Waals surface area contributed by atoms with Gasteiger partial charge in [0.25, 0.3) is 5.91 Å². The predicted molar refractivity (Wildman–Crippen MR) is 111 cm³/mol. The first-order chi connectivity index (χ1) is 14.3. The Kier molecular flexibility index (Phi) is 5.92. The molecule has 0 bridgehead atoms. The predicted octanol–water partition coefficient (Wildman–Crippen LogP) is 2.57. The molecule has 1 amide bonds. The zero-order valence-electron chi connectivity index (χ0n) is 15.9. The number of aromatic nitrogens is 3. The van der Waals surface area contributed by atoms with E-state index in [9.17, 15) is 4.79 Å². The van der Waals surface area contributed by atoms with Crippen molar-refractivity contribution in [2.75, 3.05) is 41.8 Å². The summed E-state index contributed by atoms with van der Waals surface area (Å²) < 4.78 is 5.41. The first-order valence-corrected chi connectivity index (χ1v) is 9.47. The van der Waals surface area contributed by atoms with E-state index >= 15 is 0 Å². The molecule has 1 aromatic carbocycles. The van der Waals surface area contributed by atoms with Gasteiger partial charge in [-0.15, -0.1) is 0 Å². The van der Waals surface area contributed by atoms with Crippen LogP contribution in [-0.4, -0.2) is 47.2 Å². The molecule has 0 unspecified atom stereocenters. The van der Waals surface area contributed by atoms with E-state index in [0.717, 1.165) is 30.0 Å². The van der Waals surface area contributed by atoms with Crippen molar-refractivity contribution in [3.05, 3.63) is 72.4 Å². The molecule has 4 rings (SSSR count). The molecule has 3 heterocycles. The molecule has 8 nitrogen and oxygen atoms in total. The van der Waals surface area contributed by atoms with Crippen LogP contribution in [0.15, 0.2) is 61.2 Å². The molecule has 0 saturated carbocycles. The van der Waals surface area contributed by atoms with Gasteiger partial charge in [-0.25, -0.2) is 9.97 Å². The molecular weight excluding hydrogens is 368 g/mol. The van der Waals surface area contributed by atoms with E-state index in [1.54, 1.807) is 18.6 Å². The molecule has 1 aliphatic rings. The van der Waals surface area contributed by atoms with Crippen LogP contribution in [0.5, 0.6) is 0 Å². The summed E-state index contributed by atoms with van der Waals surface area (Å²) in [6, 6.07) is 11.6. The molecule has 0 atom stereocenters. The number of anilines is 3. The van der Waals surface area contributed by atoms with Crippen LogP contribution in [0.2, 0.25) is 0 Å². The maximum Gasteiger partial charge on any atom is 0.275 e. The lowest BCUT2D eigenvalue weighted by molar-refractivity contribution is 0.102. The Hall–Kier alpha value is -3.52. The largest absolute Gasteiger partial charge is 0.378 e. The highest BCUT2D eigenvalue weighted by Gasteiger charge is 2.17. The van der Waals surface area contributed by atoms with Gasteiger partial charge in [-0.1, -0.05) is 12.1 Å². The van der Waals surface area contributed by atoms with Crippen molar-refractivity contribution in [3.8, 4) is 0 Å². The van der Waals surface area contributed by atoms with Gasteiger partial charge in [0.15, 0.2) is 0 Å². The fourth-order valence-electron chi connectivity index (χ4n) is 3.08. The van der Waals surface area contributed by atoms with Crippen molar-refractivity contribution >= 4 is 23.1 Å². The van der Waals surface area contributed by atoms with Gasteiger partial charge in [0.1, 0.15) is 11.5 Å². The quantitative estimate of drug-likeness (QED) is 0.668. The summed E-state index contributed by atoms with van der Waals surface area (Å²) >= 11 is 0. The van der Waals surface area contributed by atoms with Crippen molar-refractivity contribution < 1.29 is 9.53 Å². The second kappa shape index (κ2) is 9.11. The number of hydrogen-bond acceptors (Lipinski definition) is 7. The number of morpholine rings is 1. The first kappa shape index (κ1) is 18.8. The Balaban J connectivity index is 1.40. The Labute approximate surface area is 169 Å². The van der Waals surface area contributed by atoms with Gasteiger partial charge < -0.3 is 20.3 Å². The van der Waals surface area contributed by atoms with Crippen molar-refractivity contribution in [1.29, 1.82) is 0 Å². The number of nitrogens with one attached hydrogen (secondary N) is 2. The van der Waals surface area contributed by atoms with Gasteiger partial charge in [0.2, 0.25) is 0 Å². The Morgan fingerprint density at radius 3 is 2.59 bits per heavy atom.